The number of aryl methyl sites for hydroxylation is 1. The molecule has 3 aromatic rings. The van der Waals surface area contributed by atoms with Crippen LogP contribution in [0.25, 0.3) is 0 Å². The van der Waals surface area contributed by atoms with Crippen molar-refractivity contribution in [3.63, 3.8) is 0 Å². The van der Waals surface area contributed by atoms with Crippen LogP contribution < -0.4 is 25.7 Å². The fraction of sp³-hybridized carbons (Fsp3) is 0.250. The van der Waals surface area contributed by atoms with Crippen molar-refractivity contribution in [1.29, 1.82) is 0 Å². The Balaban J connectivity index is 1.58. The predicted octanol–water partition coefficient (Wildman–Crippen LogP) is 3.45. The maximum atomic E-state index is 13.1. The first kappa shape index (κ1) is 23.4. The van der Waals surface area contributed by atoms with Gasteiger partial charge in [0.25, 0.3) is 5.56 Å². The largest absolute Gasteiger partial charge is 0.497 e. The minimum atomic E-state index is -0.998. The van der Waals surface area contributed by atoms with Gasteiger partial charge in [0.1, 0.15) is 17.3 Å². The summed E-state index contributed by atoms with van der Waals surface area (Å²) in [7, 11) is 3.00. The highest BCUT2D eigenvalue weighted by atomic mass is 32.2. The molecule has 34 heavy (non-hydrogen) atoms. The summed E-state index contributed by atoms with van der Waals surface area (Å²) in [5.41, 5.74) is 2.29. The number of carbonyl (C=O) groups is 2. The van der Waals surface area contributed by atoms with Crippen LogP contribution >= 0.6 is 11.8 Å². The molecule has 0 saturated heterocycles. The number of nitrogens with one attached hydrogen (secondary N) is 3. The summed E-state index contributed by atoms with van der Waals surface area (Å²) in [6.07, 6.45) is -0.169. The van der Waals surface area contributed by atoms with Crippen LogP contribution in [0.2, 0.25) is 0 Å². The number of rotatable bonds is 7. The number of aromatic nitrogens is 2. The van der Waals surface area contributed by atoms with Crippen LogP contribution in [-0.4, -0.2) is 36.0 Å². The molecule has 4 rings (SSSR count). The molecule has 0 fully saturated rings. The number of anilines is 2. The van der Waals surface area contributed by atoms with Crippen LogP contribution in [-0.2, 0) is 15.3 Å². The van der Waals surface area contributed by atoms with Gasteiger partial charge in [-0.3, -0.25) is 14.4 Å². The van der Waals surface area contributed by atoms with Crippen molar-refractivity contribution in [2.75, 3.05) is 24.9 Å². The molecule has 1 aliphatic rings. The van der Waals surface area contributed by atoms with Crippen molar-refractivity contribution in [3.05, 3.63) is 69.5 Å². The molecule has 1 atom stereocenters. The summed E-state index contributed by atoms with van der Waals surface area (Å²) in [6, 6.07) is 13.0. The van der Waals surface area contributed by atoms with Crippen molar-refractivity contribution in [3.8, 4) is 11.5 Å². The van der Waals surface area contributed by atoms with Crippen molar-refractivity contribution in [2.24, 2.45) is 0 Å². The van der Waals surface area contributed by atoms with Gasteiger partial charge >= 0.3 is 0 Å². The van der Waals surface area contributed by atoms with Crippen molar-refractivity contribution < 1.29 is 19.1 Å². The summed E-state index contributed by atoms with van der Waals surface area (Å²) in [5.74, 6) is -0.236. The minimum absolute atomic E-state index is 0.105. The number of thioether (sulfide) groups is 1. The molecule has 9 nitrogen and oxygen atoms in total. The van der Waals surface area contributed by atoms with Gasteiger partial charge in [-0.25, -0.2) is 4.98 Å². The quantitative estimate of drug-likeness (QED) is 0.350. The van der Waals surface area contributed by atoms with E-state index in [0.29, 0.717) is 28.1 Å². The van der Waals surface area contributed by atoms with Crippen LogP contribution in [0.1, 0.15) is 29.0 Å². The predicted molar refractivity (Wildman–Crippen MR) is 130 cm³/mol. The third-order valence-electron chi connectivity index (χ3n) is 5.37. The number of fused-ring (bicyclic) bond motifs is 1. The molecular formula is C24H24N4O5S. The first-order valence-electron chi connectivity index (χ1n) is 10.5. The van der Waals surface area contributed by atoms with Gasteiger partial charge in [-0.15, -0.1) is 0 Å². The van der Waals surface area contributed by atoms with Gasteiger partial charge in [0.05, 0.1) is 31.4 Å². The van der Waals surface area contributed by atoms with E-state index >= 15 is 0 Å². The molecule has 10 heteroatoms. The van der Waals surface area contributed by atoms with Gasteiger partial charge in [-0.05, 0) is 24.6 Å². The third-order valence-corrected chi connectivity index (χ3v) is 6.31. The van der Waals surface area contributed by atoms with E-state index in [1.807, 2.05) is 25.1 Å². The number of H-pyrrole nitrogens is 1. The van der Waals surface area contributed by atoms with E-state index in [1.165, 1.54) is 26.0 Å². The second kappa shape index (κ2) is 10.0. The Morgan fingerprint density at radius 2 is 2.00 bits per heavy atom. The van der Waals surface area contributed by atoms with Crippen molar-refractivity contribution >= 4 is 35.1 Å². The zero-order valence-electron chi connectivity index (χ0n) is 18.9. The topological polar surface area (TPSA) is 122 Å². The van der Waals surface area contributed by atoms with E-state index in [1.54, 1.807) is 18.2 Å². The third kappa shape index (κ3) is 5.07. The molecule has 0 saturated carbocycles. The van der Waals surface area contributed by atoms with Gasteiger partial charge in [0, 0.05) is 18.2 Å². The summed E-state index contributed by atoms with van der Waals surface area (Å²) in [5, 5.41) is 5.75. The minimum Gasteiger partial charge on any atom is -0.497 e. The zero-order chi connectivity index (χ0) is 24.2. The fourth-order valence-corrected chi connectivity index (χ4v) is 4.52. The van der Waals surface area contributed by atoms with Gasteiger partial charge in [-0.2, -0.15) is 0 Å². The lowest BCUT2D eigenvalue weighted by Crippen LogP contribution is -2.36. The number of hydrogen-bond acceptors (Lipinski definition) is 7. The van der Waals surface area contributed by atoms with Crippen LogP contribution in [0, 0.1) is 6.92 Å². The zero-order valence-corrected chi connectivity index (χ0v) is 19.7. The summed E-state index contributed by atoms with van der Waals surface area (Å²) in [6.45, 7) is 2.01. The van der Waals surface area contributed by atoms with Gasteiger partial charge in [-0.1, -0.05) is 41.6 Å². The van der Waals surface area contributed by atoms with Gasteiger partial charge < -0.3 is 25.1 Å². The summed E-state index contributed by atoms with van der Waals surface area (Å²) < 4.78 is 10.5. The van der Waals surface area contributed by atoms with Crippen molar-refractivity contribution in [2.45, 2.75) is 30.2 Å². The monoisotopic (exact) mass is 480 g/mol. The Labute approximate surface area is 200 Å². The highest BCUT2D eigenvalue weighted by molar-refractivity contribution is 7.98. The molecule has 1 aromatic heterocycles. The molecule has 0 spiro atoms. The molecule has 0 radical (unpaired) electrons. The smallest absolute Gasteiger partial charge is 0.257 e. The lowest BCUT2D eigenvalue weighted by atomic mass is 9.92. The number of amides is 2. The van der Waals surface area contributed by atoms with Crippen LogP contribution in [0.15, 0.2) is 52.4 Å². The number of ether oxygens (including phenoxy) is 2. The lowest BCUT2D eigenvalue weighted by Gasteiger charge is -2.24. The highest BCUT2D eigenvalue weighted by Crippen LogP contribution is 2.33. The molecule has 2 heterocycles. The number of nitrogens with zero attached hydrogens (tertiary/aromatic N) is 1. The van der Waals surface area contributed by atoms with Crippen molar-refractivity contribution in [1.82, 2.24) is 9.97 Å². The molecule has 2 aromatic carbocycles. The second-order valence-corrected chi connectivity index (χ2v) is 8.74. The van der Waals surface area contributed by atoms with E-state index in [2.05, 4.69) is 26.7 Å². The highest BCUT2D eigenvalue weighted by Gasteiger charge is 2.35. The van der Waals surface area contributed by atoms with Crippen LogP contribution in [0.3, 0.4) is 0 Å². The van der Waals surface area contributed by atoms with E-state index in [-0.39, 0.29) is 23.7 Å². The molecule has 0 unspecified atom stereocenters. The van der Waals surface area contributed by atoms with E-state index in [0.717, 1.165) is 11.1 Å². The normalized spacial score (nSPS) is 14.7. The Bertz CT molecular complexity index is 1310. The van der Waals surface area contributed by atoms with E-state index in [9.17, 15) is 14.4 Å². The number of methoxy groups -OCH3 is 2. The Kier molecular flexibility index (Phi) is 6.87. The van der Waals surface area contributed by atoms with Crippen LogP contribution in [0.4, 0.5) is 11.5 Å². The maximum absolute atomic E-state index is 13.1. The summed E-state index contributed by atoms with van der Waals surface area (Å²) in [4.78, 5) is 45.6. The number of benzene rings is 2. The Hall–Kier alpha value is -3.79. The number of carbonyl (C=O) groups excluding carboxylic acids is 2. The van der Waals surface area contributed by atoms with Gasteiger partial charge in [0.2, 0.25) is 11.8 Å². The SMILES string of the molecule is COc1ccc(NC(=O)[C@H]2CC(=O)Nc3nc(SCc4cccc(C)c4)[nH]c(=O)c32)c(OC)c1. The molecule has 0 aliphatic carbocycles. The molecule has 176 valence electrons. The van der Waals surface area contributed by atoms with E-state index < -0.39 is 17.4 Å². The average Bonchev–Trinajstić information content (AvgIpc) is 2.82. The molecule has 3 N–H and O–H groups in total. The molecular weight excluding hydrogens is 456 g/mol. The molecule has 1 aliphatic heterocycles. The number of hydrogen-bond donors (Lipinski definition) is 3. The first-order valence-corrected chi connectivity index (χ1v) is 11.5. The first-order chi connectivity index (χ1) is 16.4. The van der Waals surface area contributed by atoms with Gasteiger partial charge in [0.15, 0.2) is 5.16 Å². The molecule has 2 amide bonds. The maximum Gasteiger partial charge on any atom is 0.257 e. The Morgan fingerprint density at radius 3 is 2.74 bits per heavy atom. The lowest BCUT2D eigenvalue weighted by molar-refractivity contribution is -0.123. The average molecular weight is 481 g/mol. The van der Waals surface area contributed by atoms with Crippen LogP contribution in [0.5, 0.6) is 11.5 Å². The molecule has 0 bridgehead atoms. The standard InChI is InChI=1S/C24H24N4O5S/c1-13-5-4-6-14(9-13)12-34-24-27-21-20(23(31)28-24)16(11-19(29)26-21)22(30)25-17-8-7-15(32-2)10-18(17)33-3/h4-10,16H,11-12H2,1-3H3,(H,25,30)(H2,26,27,28,29,31)/t16-/m0/s1. The second-order valence-electron chi connectivity index (χ2n) is 7.77. The Morgan fingerprint density at radius 1 is 1.18 bits per heavy atom. The number of aromatic amines is 1. The summed E-state index contributed by atoms with van der Waals surface area (Å²) >= 11 is 1.34. The van der Waals surface area contributed by atoms with E-state index in [4.69, 9.17) is 9.47 Å². The fourth-order valence-electron chi connectivity index (χ4n) is 3.72.